The first-order valence-electron chi connectivity index (χ1n) is 13.9. The van der Waals surface area contributed by atoms with Crippen molar-refractivity contribution in [3.05, 3.63) is 71.2 Å². The lowest BCUT2D eigenvalue weighted by Gasteiger charge is -2.30. The van der Waals surface area contributed by atoms with Crippen molar-refractivity contribution in [1.82, 2.24) is 15.0 Å². The number of hydrogen-bond acceptors (Lipinski definition) is 6. The van der Waals surface area contributed by atoms with Crippen LogP contribution in [0.25, 0.3) is 17.1 Å². The Kier molecular flexibility index (Phi) is 8.46. The third kappa shape index (κ3) is 5.88. The molecule has 0 unspecified atom stereocenters. The summed E-state index contributed by atoms with van der Waals surface area (Å²) < 4.78 is 0. The van der Waals surface area contributed by atoms with Gasteiger partial charge in [-0.05, 0) is 82.7 Å². The summed E-state index contributed by atoms with van der Waals surface area (Å²) >= 11 is 0. The summed E-state index contributed by atoms with van der Waals surface area (Å²) in [5.41, 5.74) is 7.27. The molecule has 0 spiro atoms. The fraction of sp³-hybridized carbons (Fsp3) is 0.438. The maximum Gasteiger partial charge on any atom is 0.162 e. The molecule has 1 aliphatic heterocycles. The van der Waals surface area contributed by atoms with Gasteiger partial charge in [-0.25, -0.2) is 9.97 Å². The minimum atomic E-state index is -0.669. The summed E-state index contributed by atoms with van der Waals surface area (Å²) in [5.74, 6) is 1.91. The molecule has 2 aromatic heterocycles. The molecule has 1 N–H and O–H groups in total. The number of nitrogens with zero attached hydrogens (tertiary/aromatic N) is 5. The quantitative estimate of drug-likeness (QED) is 0.328. The molecular weight excluding hydrogens is 468 g/mol. The number of piperidine rings is 1. The zero-order valence-corrected chi connectivity index (χ0v) is 23.6. The first kappa shape index (κ1) is 27.3. The molecule has 1 aromatic carbocycles. The largest absolute Gasteiger partial charge is 0.356 e. The number of benzene rings is 1. The van der Waals surface area contributed by atoms with Crippen LogP contribution in [-0.2, 0) is 18.3 Å². The number of hydrogen-bond donors (Lipinski definition) is 1. The molecule has 3 heterocycles. The van der Waals surface area contributed by atoms with Crippen molar-refractivity contribution in [2.75, 3.05) is 23.3 Å². The van der Waals surface area contributed by atoms with Gasteiger partial charge in [-0.1, -0.05) is 32.9 Å². The molecule has 6 heteroatoms. The van der Waals surface area contributed by atoms with Crippen molar-refractivity contribution in [3.63, 3.8) is 0 Å². The van der Waals surface area contributed by atoms with E-state index in [1.807, 2.05) is 26.0 Å². The second-order valence-electron chi connectivity index (χ2n) is 10.7. The van der Waals surface area contributed by atoms with Crippen LogP contribution >= 0.6 is 0 Å². The Labute approximate surface area is 227 Å². The minimum absolute atomic E-state index is 0.669. The number of rotatable bonds is 9. The molecule has 198 valence electrons. The second-order valence-corrected chi connectivity index (χ2v) is 10.7. The minimum Gasteiger partial charge on any atom is -0.356 e. The van der Waals surface area contributed by atoms with E-state index in [1.54, 1.807) is 6.20 Å². The molecule has 1 fully saturated rings. The third-order valence-electron chi connectivity index (χ3n) is 7.36. The molecule has 4 rings (SSSR count). The Balaban J connectivity index is 1.69. The molecule has 0 aliphatic carbocycles. The van der Waals surface area contributed by atoms with Crippen molar-refractivity contribution < 1.29 is 0 Å². The summed E-state index contributed by atoms with van der Waals surface area (Å²) in [4.78, 5) is 17.2. The van der Waals surface area contributed by atoms with Crippen LogP contribution in [0.3, 0.4) is 0 Å². The van der Waals surface area contributed by atoms with Gasteiger partial charge in [0.2, 0.25) is 0 Å². The van der Waals surface area contributed by atoms with Crippen LogP contribution in [0.5, 0.6) is 0 Å². The molecule has 0 saturated carbocycles. The smallest absolute Gasteiger partial charge is 0.162 e. The first-order valence-corrected chi connectivity index (χ1v) is 13.9. The Hall–Kier alpha value is -3.72. The van der Waals surface area contributed by atoms with Gasteiger partial charge >= 0.3 is 0 Å². The molecule has 3 aromatic rings. The fourth-order valence-corrected chi connectivity index (χ4v) is 5.01. The van der Waals surface area contributed by atoms with E-state index in [9.17, 15) is 5.26 Å². The molecule has 1 saturated heterocycles. The lowest BCUT2D eigenvalue weighted by atomic mass is 9.90. The van der Waals surface area contributed by atoms with Crippen molar-refractivity contribution in [3.8, 4) is 17.5 Å². The van der Waals surface area contributed by atoms with Gasteiger partial charge in [0.05, 0.1) is 17.2 Å². The van der Waals surface area contributed by atoms with E-state index in [1.165, 1.54) is 24.8 Å². The lowest BCUT2D eigenvalue weighted by molar-refractivity contribution is 0.570. The number of nitriles is 1. The van der Waals surface area contributed by atoms with E-state index in [-0.39, 0.29) is 0 Å². The summed E-state index contributed by atoms with van der Waals surface area (Å²) in [5, 5.41) is 13.0. The van der Waals surface area contributed by atoms with Crippen LogP contribution in [0.1, 0.15) is 81.5 Å². The second kappa shape index (κ2) is 11.8. The highest BCUT2D eigenvalue weighted by Gasteiger charge is 2.23. The molecule has 0 atom stereocenters. The van der Waals surface area contributed by atoms with Crippen LogP contribution in [-0.4, -0.2) is 28.0 Å². The van der Waals surface area contributed by atoms with Gasteiger partial charge in [0.25, 0.3) is 0 Å². The van der Waals surface area contributed by atoms with Crippen LogP contribution in [0, 0.1) is 18.3 Å². The summed E-state index contributed by atoms with van der Waals surface area (Å²) in [6, 6.07) is 12.5. The van der Waals surface area contributed by atoms with Crippen molar-refractivity contribution >= 4 is 17.2 Å². The van der Waals surface area contributed by atoms with E-state index in [0.717, 1.165) is 83.5 Å². The molecule has 0 amide bonds. The highest BCUT2D eigenvalue weighted by atomic mass is 15.2. The Bertz CT molecular complexity index is 1340. The zero-order valence-electron chi connectivity index (χ0n) is 23.6. The van der Waals surface area contributed by atoms with E-state index in [0.29, 0.717) is 0 Å². The molecule has 1 aliphatic rings. The standard InChI is InChI=1S/C32H40N6/c1-7-12-26-28(8-2)36-30(37-31(26)38-17-10-9-11-18-38)27-20-25(14-13-22(27)3)35-23(4)24-15-16-34-29(19-24)32(5,6)21-33/h13-16,19-20,35H,4,7-12,17-18H2,1-3,5-6H3. The van der Waals surface area contributed by atoms with E-state index in [4.69, 9.17) is 9.97 Å². The highest BCUT2D eigenvalue weighted by molar-refractivity contribution is 5.78. The third-order valence-corrected chi connectivity index (χ3v) is 7.36. The van der Waals surface area contributed by atoms with Gasteiger partial charge in [0.1, 0.15) is 5.82 Å². The number of pyridine rings is 1. The maximum atomic E-state index is 9.52. The predicted molar refractivity (Wildman–Crippen MR) is 157 cm³/mol. The average Bonchev–Trinajstić information content (AvgIpc) is 2.94. The van der Waals surface area contributed by atoms with Gasteiger partial charge in [0, 0.05) is 53.1 Å². The molecule has 6 nitrogen and oxygen atoms in total. The Morgan fingerprint density at radius 2 is 1.87 bits per heavy atom. The van der Waals surface area contributed by atoms with Crippen molar-refractivity contribution in [2.45, 2.75) is 78.6 Å². The van der Waals surface area contributed by atoms with Gasteiger partial charge < -0.3 is 10.2 Å². The van der Waals surface area contributed by atoms with Crippen molar-refractivity contribution in [1.29, 1.82) is 5.26 Å². The summed E-state index contributed by atoms with van der Waals surface area (Å²) in [6.07, 6.45) is 8.44. The van der Waals surface area contributed by atoms with Gasteiger partial charge in [-0.2, -0.15) is 5.26 Å². The van der Waals surface area contributed by atoms with E-state index < -0.39 is 5.41 Å². The molecular formula is C32H40N6. The summed E-state index contributed by atoms with van der Waals surface area (Å²) in [7, 11) is 0. The molecule has 38 heavy (non-hydrogen) atoms. The number of aryl methyl sites for hydroxylation is 2. The highest BCUT2D eigenvalue weighted by Crippen LogP contribution is 2.32. The van der Waals surface area contributed by atoms with E-state index >= 15 is 0 Å². The topological polar surface area (TPSA) is 77.7 Å². The first-order chi connectivity index (χ1) is 18.3. The van der Waals surface area contributed by atoms with Crippen LogP contribution in [0.4, 0.5) is 11.5 Å². The lowest BCUT2D eigenvalue weighted by Crippen LogP contribution is -2.31. The fourth-order valence-electron chi connectivity index (χ4n) is 5.01. The van der Waals surface area contributed by atoms with Crippen LogP contribution < -0.4 is 10.2 Å². The molecule has 0 bridgehead atoms. The van der Waals surface area contributed by atoms with Crippen LogP contribution in [0.15, 0.2) is 43.1 Å². The number of nitrogens with one attached hydrogen (secondary N) is 1. The van der Waals surface area contributed by atoms with Gasteiger partial charge in [0.15, 0.2) is 5.82 Å². The summed E-state index contributed by atoms with van der Waals surface area (Å²) in [6.45, 7) is 16.7. The monoisotopic (exact) mass is 508 g/mol. The molecule has 0 radical (unpaired) electrons. The normalized spacial score (nSPS) is 13.7. The zero-order chi connectivity index (χ0) is 27.3. The van der Waals surface area contributed by atoms with Gasteiger partial charge in [-0.15, -0.1) is 0 Å². The Morgan fingerprint density at radius 1 is 1.11 bits per heavy atom. The number of anilines is 2. The SMILES string of the molecule is C=C(Nc1ccc(C)c(-c2nc(CC)c(CCC)c(N3CCCCC3)n2)c1)c1ccnc(C(C)(C)C#N)c1. The van der Waals surface area contributed by atoms with Crippen molar-refractivity contribution in [2.24, 2.45) is 0 Å². The maximum absolute atomic E-state index is 9.52. The predicted octanol–water partition coefficient (Wildman–Crippen LogP) is 7.24. The Morgan fingerprint density at radius 3 is 2.55 bits per heavy atom. The van der Waals surface area contributed by atoms with Crippen LogP contribution in [0.2, 0.25) is 0 Å². The van der Waals surface area contributed by atoms with Gasteiger partial charge in [-0.3, -0.25) is 4.98 Å². The average molecular weight is 509 g/mol. The number of aromatic nitrogens is 3. The van der Waals surface area contributed by atoms with E-state index in [2.05, 4.69) is 66.8 Å².